The van der Waals surface area contributed by atoms with Crippen molar-refractivity contribution in [3.05, 3.63) is 58.6 Å². The highest BCUT2D eigenvalue weighted by molar-refractivity contribution is 9.10. The number of anilines is 1. The normalized spacial score (nSPS) is 11.8. The van der Waals surface area contributed by atoms with E-state index in [0.717, 1.165) is 4.47 Å². The summed E-state index contributed by atoms with van der Waals surface area (Å²) >= 11 is 3.30. The number of esters is 1. The van der Waals surface area contributed by atoms with Gasteiger partial charge in [-0.2, -0.15) is 0 Å². The fourth-order valence-electron chi connectivity index (χ4n) is 1.75. The first-order valence-electron chi connectivity index (χ1n) is 6.40. The Hall–Kier alpha value is -1.95. The third-order valence-corrected chi connectivity index (χ3v) is 3.19. The average molecular weight is 353 g/mol. The lowest BCUT2D eigenvalue weighted by Gasteiger charge is -2.18. The smallest absolute Gasteiger partial charge is 0.334 e. The zero-order chi connectivity index (χ0) is 15.2. The lowest BCUT2D eigenvalue weighted by molar-refractivity contribution is -0.144. The van der Waals surface area contributed by atoms with Gasteiger partial charge in [0.2, 0.25) is 0 Å². The topological polar surface area (TPSA) is 51.2 Å². The summed E-state index contributed by atoms with van der Waals surface area (Å²) < 4.78 is 18.8. The molecule has 1 aromatic heterocycles. The number of carbonyl (C=O) groups excluding carboxylic acids is 1. The Morgan fingerprint density at radius 1 is 1.33 bits per heavy atom. The van der Waals surface area contributed by atoms with E-state index < -0.39 is 12.0 Å². The zero-order valence-electron chi connectivity index (χ0n) is 11.3. The number of hydrogen-bond acceptors (Lipinski definition) is 4. The monoisotopic (exact) mass is 352 g/mol. The summed E-state index contributed by atoms with van der Waals surface area (Å²) in [5.41, 5.74) is 1.14. The lowest BCUT2D eigenvalue weighted by atomic mass is 10.1. The fourth-order valence-corrected chi connectivity index (χ4v) is 1.98. The molecule has 21 heavy (non-hydrogen) atoms. The van der Waals surface area contributed by atoms with Crippen LogP contribution in [0.5, 0.6) is 0 Å². The third kappa shape index (κ3) is 4.26. The molecule has 2 rings (SSSR count). The molecule has 2 aromatic rings. The summed E-state index contributed by atoms with van der Waals surface area (Å²) in [5.74, 6) is -0.772. The van der Waals surface area contributed by atoms with Crippen molar-refractivity contribution in [2.24, 2.45) is 0 Å². The maximum Gasteiger partial charge on any atom is 0.334 e. The molecule has 1 heterocycles. The van der Waals surface area contributed by atoms with E-state index >= 15 is 0 Å². The van der Waals surface area contributed by atoms with Gasteiger partial charge in [0.15, 0.2) is 6.04 Å². The van der Waals surface area contributed by atoms with Crippen LogP contribution in [0.1, 0.15) is 18.7 Å². The predicted molar refractivity (Wildman–Crippen MR) is 81.3 cm³/mol. The number of aromatic nitrogens is 1. The summed E-state index contributed by atoms with van der Waals surface area (Å²) in [6, 6.07) is 8.52. The second-order valence-electron chi connectivity index (χ2n) is 4.24. The van der Waals surface area contributed by atoms with Crippen molar-refractivity contribution < 1.29 is 13.9 Å². The number of nitrogens with zero attached hydrogens (tertiary/aromatic N) is 1. The molecule has 0 saturated carbocycles. The highest BCUT2D eigenvalue weighted by Gasteiger charge is 2.23. The minimum atomic E-state index is -0.747. The van der Waals surface area contributed by atoms with Crippen molar-refractivity contribution in [3.63, 3.8) is 0 Å². The average Bonchev–Trinajstić information content (AvgIpc) is 2.48. The molecule has 0 fully saturated rings. The van der Waals surface area contributed by atoms with Gasteiger partial charge >= 0.3 is 5.97 Å². The van der Waals surface area contributed by atoms with E-state index in [0.29, 0.717) is 11.4 Å². The lowest BCUT2D eigenvalue weighted by Crippen LogP contribution is -2.24. The Labute approximate surface area is 130 Å². The first-order chi connectivity index (χ1) is 10.1. The Balaban J connectivity index is 2.25. The largest absolute Gasteiger partial charge is 0.464 e. The van der Waals surface area contributed by atoms with Gasteiger partial charge in [0, 0.05) is 16.4 Å². The van der Waals surface area contributed by atoms with Gasteiger partial charge in [0.25, 0.3) is 0 Å². The molecule has 0 bridgehead atoms. The summed E-state index contributed by atoms with van der Waals surface area (Å²) in [5, 5.41) is 3.01. The van der Waals surface area contributed by atoms with E-state index in [4.69, 9.17) is 4.74 Å². The molecule has 0 spiro atoms. The molecule has 6 heteroatoms. The summed E-state index contributed by atoms with van der Waals surface area (Å²) in [7, 11) is 0. The van der Waals surface area contributed by atoms with Crippen LogP contribution in [0.25, 0.3) is 0 Å². The van der Waals surface area contributed by atoms with Gasteiger partial charge in [-0.25, -0.2) is 9.18 Å². The fraction of sp³-hybridized carbons (Fsp3) is 0.200. The number of benzene rings is 1. The molecule has 110 valence electrons. The molecule has 0 aliphatic carbocycles. The van der Waals surface area contributed by atoms with Crippen LogP contribution < -0.4 is 5.32 Å². The Morgan fingerprint density at radius 2 is 2.05 bits per heavy atom. The molecular formula is C15H14BrFN2O2. The predicted octanol–water partition coefficient (Wildman–Crippen LogP) is 3.70. The van der Waals surface area contributed by atoms with Crippen molar-refractivity contribution >= 4 is 27.6 Å². The highest BCUT2D eigenvalue weighted by atomic mass is 79.9. The molecule has 0 aliphatic heterocycles. The minimum absolute atomic E-state index is 0.275. The molecule has 1 atom stereocenters. The van der Waals surface area contributed by atoms with Crippen molar-refractivity contribution in [1.82, 2.24) is 4.98 Å². The molecule has 0 saturated heterocycles. The van der Waals surface area contributed by atoms with Crippen LogP contribution in [0, 0.1) is 5.82 Å². The van der Waals surface area contributed by atoms with Crippen LogP contribution in [-0.2, 0) is 9.53 Å². The highest BCUT2D eigenvalue weighted by Crippen LogP contribution is 2.21. The number of carbonyl (C=O) groups is 1. The van der Waals surface area contributed by atoms with E-state index in [1.807, 2.05) is 0 Å². The minimum Gasteiger partial charge on any atom is -0.464 e. The van der Waals surface area contributed by atoms with E-state index in [2.05, 4.69) is 26.2 Å². The summed E-state index contributed by atoms with van der Waals surface area (Å²) in [6.07, 6.45) is 1.61. The molecule has 1 aromatic carbocycles. The van der Waals surface area contributed by atoms with Crippen LogP contribution in [0.4, 0.5) is 10.1 Å². The van der Waals surface area contributed by atoms with Gasteiger partial charge in [0.05, 0.1) is 12.3 Å². The van der Waals surface area contributed by atoms with Crippen LogP contribution in [0.15, 0.2) is 47.1 Å². The van der Waals surface area contributed by atoms with Gasteiger partial charge in [-0.05, 0) is 59.3 Å². The van der Waals surface area contributed by atoms with Crippen LogP contribution in [-0.4, -0.2) is 17.6 Å². The van der Waals surface area contributed by atoms with Crippen LogP contribution >= 0.6 is 15.9 Å². The first kappa shape index (κ1) is 15.4. The van der Waals surface area contributed by atoms with E-state index in [1.165, 1.54) is 12.1 Å². The van der Waals surface area contributed by atoms with Crippen molar-refractivity contribution in [1.29, 1.82) is 0 Å². The second-order valence-corrected chi connectivity index (χ2v) is 5.15. The van der Waals surface area contributed by atoms with Crippen molar-refractivity contribution in [3.8, 4) is 0 Å². The zero-order valence-corrected chi connectivity index (χ0v) is 12.9. The number of nitrogens with one attached hydrogen (secondary N) is 1. The van der Waals surface area contributed by atoms with Gasteiger partial charge in [-0.3, -0.25) is 4.98 Å². The number of rotatable bonds is 5. The first-order valence-corrected chi connectivity index (χ1v) is 7.19. The van der Waals surface area contributed by atoms with Crippen LogP contribution in [0.3, 0.4) is 0 Å². The third-order valence-electron chi connectivity index (χ3n) is 2.72. The number of ether oxygens (including phenoxy) is 1. The maximum absolute atomic E-state index is 12.9. The Kier molecular flexibility index (Phi) is 5.27. The molecule has 0 radical (unpaired) electrons. The molecular weight excluding hydrogens is 339 g/mol. The molecule has 0 aliphatic rings. The standard InChI is InChI=1S/C15H14BrFN2O2/c1-2-21-15(20)14(13-8-3-10(16)9-18-13)19-12-6-4-11(17)5-7-12/h3-9,14,19H,2H2,1H3. The second kappa shape index (κ2) is 7.17. The maximum atomic E-state index is 12.9. The number of pyridine rings is 1. The van der Waals surface area contributed by atoms with E-state index in [1.54, 1.807) is 37.4 Å². The van der Waals surface area contributed by atoms with Gasteiger partial charge in [0.1, 0.15) is 5.82 Å². The van der Waals surface area contributed by atoms with Crippen LogP contribution in [0.2, 0.25) is 0 Å². The molecule has 4 nitrogen and oxygen atoms in total. The SMILES string of the molecule is CCOC(=O)C(Nc1ccc(F)cc1)c1ccc(Br)cn1. The summed E-state index contributed by atoms with van der Waals surface area (Å²) in [6.45, 7) is 2.01. The molecule has 1 N–H and O–H groups in total. The Bertz CT molecular complexity index is 602. The molecule has 1 unspecified atom stereocenters. The summed E-state index contributed by atoms with van der Waals surface area (Å²) in [4.78, 5) is 16.3. The number of halogens is 2. The van der Waals surface area contributed by atoms with Gasteiger partial charge < -0.3 is 10.1 Å². The van der Waals surface area contributed by atoms with Gasteiger partial charge in [-0.1, -0.05) is 0 Å². The number of hydrogen-bond donors (Lipinski definition) is 1. The Morgan fingerprint density at radius 3 is 2.62 bits per heavy atom. The van der Waals surface area contributed by atoms with Crippen molar-refractivity contribution in [2.45, 2.75) is 13.0 Å². The van der Waals surface area contributed by atoms with E-state index in [9.17, 15) is 9.18 Å². The van der Waals surface area contributed by atoms with E-state index in [-0.39, 0.29) is 12.4 Å². The quantitative estimate of drug-likeness (QED) is 0.833. The molecule has 0 amide bonds. The van der Waals surface area contributed by atoms with Crippen molar-refractivity contribution in [2.75, 3.05) is 11.9 Å². The van der Waals surface area contributed by atoms with Gasteiger partial charge in [-0.15, -0.1) is 0 Å².